The lowest BCUT2D eigenvalue weighted by atomic mass is 10.2. The first-order valence-electron chi connectivity index (χ1n) is 8.00. The number of benzene rings is 1. The van der Waals surface area contributed by atoms with Crippen LogP contribution in [0.15, 0.2) is 36.4 Å². The number of thiophene rings is 1. The molecule has 0 bridgehead atoms. The molecule has 0 saturated carbocycles. The van der Waals surface area contributed by atoms with Gasteiger partial charge < -0.3 is 15.0 Å². The van der Waals surface area contributed by atoms with Crippen molar-refractivity contribution in [3.63, 3.8) is 0 Å². The number of nitrogens with one attached hydrogen (secondary N) is 1. The molecule has 1 aliphatic rings. The van der Waals surface area contributed by atoms with Gasteiger partial charge in [0.15, 0.2) is 0 Å². The van der Waals surface area contributed by atoms with Crippen molar-refractivity contribution in [3.8, 4) is 16.2 Å². The van der Waals surface area contributed by atoms with E-state index in [0.29, 0.717) is 17.2 Å². The highest BCUT2D eigenvalue weighted by Gasteiger charge is 2.27. The second kappa shape index (κ2) is 8.51. The van der Waals surface area contributed by atoms with Crippen molar-refractivity contribution in [2.24, 2.45) is 0 Å². The molecule has 1 aliphatic heterocycles. The van der Waals surface area contributed by atoms with E-state index in [1.165, 1.54) is 11.3 Å². The predicted molar refractivity (Wildman–Crippen MR) is 102 cm³/mol. The zero-order valence-electron chi connectivity index (χ0n) is 14.0. The third kappa shape index (κ3) is 3.91. The molecule has 1 amide bonds. The van der Waals surface area contributed by atoms with E-state index in [9.17, 15) is 4.79 Å². The van der Waals surface area contributed by atoms with Crippen LogP contribution in [0.1, 0.15) is 23.0 Å². The Hall–Kier alpha value is -1.56. The third-order valence-electron chi connectivity index (χ3n) is 4.15. The number of rotatable bonds is 5. The van der Waals surface area contributed by atoms with Crippen molar-refractivity contribution < 1.29 is 9.53 Å². The van der Waals surface area contributed by atoms with E-state index >= 15 is 0 Å². The molecule has 24 heavy (non-hydrogen) atoms. The van der Waals surface area contributed by atoms with Crippen molar-refractivity contribution in [1.29, 1.82) is 0 Å². The molecule has 1 atom stereocenters. The van der Waals surface area contributed by atoms with Gasteiger partial charge in [0.2, 0.25) is 0 Å². The summed E-state index contributed by atoms with van der Waals surface area (Å²) in [6.45, 7) is 4.34. The average Bonchev–Trinajstić information content (AvgIpc) is 3.24. The van der Waals surface area contributed by atoms with Crippen LogP contribution in [0, 0.1) is 0 Å². The zero-order chi connectivity index (χ0) is 16.2. The summed E-state index contributed by atoms with van der Waals surface area (Å²) in [6, 6.07) is 12.4. The molecule has 6 heteroatoms. The van der Waals surface area contributed by atoms with Crippen LogP contribution in [-0.4, -0.2) is 43.6 Å². The lowest BCUT2D eigenvalue weighted by molar-refractivity contribution is 0.0745. The SMILES string of the molecule is CCOc1cc(-c2ccccc2)sc1C(=O)N(C)C1CCNC1.Cl. The summed E-state index contributed by atoms with van der Waals surface area (Å²) in [4.78, 5) is 16.5. The van der Waals surface area contributed by atoms with E-state index in [4.69, 9.17) is 4.74 Å². The van der Waals surface area contributed by atoms with Crippen LogP contribution in [0.2, 0.25) is 0 Å². The summed E-state index contributed by atoms with van der Waals surface area (Å²) in [7, 11) is 1.89. The van der Waals surface area contributed by atoms with Gasteiger partial charge in [-0.15, -0.1) is 23.7 Å². The van der Waals surface area contributed by atoms with Crippen LogP contribution in [0.25, 0.3) is 10.4 Å². The van der Waals surface area contributed by atoms with Gasteiger partial charge in [0.1, 0.15) is 10.6 Å². The maximum absolute atomic E-state index is 12.9. The van der Waals surface area contributed by atoms with Gasteiger partial charge in [-0.1, -0.05) is 30.3 Å². The van der Waals surface area contributed by atoms with Gasteiger partial charge in [0, 0.05) is 24.5 Å². The maximum Gasteiger partial charge on any atom is 0.267 e. The second-order valence-corrected chi connectivity index (χ2v) is 6.72. The Morgan fingerprint density at radius 1 is 1.38 bits per heavy atom. The third-order valence-corrected chi connectivity index (χ3v) is 5.31. The molecule has 1 fully saturated rings. The fourth-order valence-corrected chi connectivity index (χ4v) is 3.92. The molecule has 0 spiro atoms. The highest BCUT2D eigenvalue weighted by molar-refractivity contribution is 7.17. The van der Waals surface area contributed by atoms with Crippen molar-refractivity contribution in [2.45, 2.75) is 19.4 Å². The number of carbonyl (C=O) groups is 1. The first-order valence-corrected chi connectivity index (χ1v) is 8.82. The molecule has 0 radical (unpaired) electrons. The largest absolute Gasteiger partial charge is 0.492 e. The number of carbonyl (C=O) groups excluding carboxylic acids is 1. The summed E-state index contributed by atoms with van der Waals surface area (Å²) in [6.07, 6.45) is 1.00. The molecule has 2 heterocycles. The van der Waals surface area contributed by atoms with Crippen LogP contribution in [0.3, 0.4) is 0 Å². The van der Waals surface area contributed by atoms with Crippen molar-refractivity contribution in [3.05, 3.63) is 41.3 Å². The average molecular weight is 367 g/mol. The number of hydrogen-bond donors (Lipinski definition) is 1. The van der Waals surface area contributed by atoms with Gasteiger partial charge in [-0.3, -0.25) is 4.79 Å². The fraction of sp³-hybridized carbons (Fsp3) is 0.389. The lowest BCUT2D eigenvalue weighted by Crippen LogP contribution is -2.38. The maximum atomic E-state index is 12.9. The lowest BCUT2D eigenvalue weighted by Gasteiger charge is -2.23. The monoisotopic (exact) mass is 366 g/mol. The molecule has 1 aromatic heterocycles. The Kier molecular flexibility index (Phi) is 6.66. The molecule has 1 N–H and O–H groups in total. The zero-order valence-corrected chi connectivity index (χ0v) is 15.6. The molecule has 2 aromatic rings. The number of hydrogen-bond acceptors (Lipinski definition) is 4. The van der Waals surface area contributed by atoms with Crippen LogP contribution in [0.4, 0.5) is 0 Å². The number of ether oxygens (including phenoxy) is 1. The molecule has 0 aliphatic carbocycles. The molecule has 130 valence electrons. The highest BCUT2D eigenvalue weighted by Crippen LogP contribution is 2.37. The Morgan fingerprint density at radius 2 is 2.12 bits per heavy atom. The predicted octanol–water partition coefficient (Wildman–Crippen LogP) is 3.67. The van der Waals surface area contributed by atoms with Gasteiger partial charge >= 0.3 is 0 Å². The van der Waals surface area contributed by atoms with E-state index in [1.54, 1.807) is 0 Å². The Morgan fingerprint density at radius 3 is 2.75 bits per heavy atom. The van der Waals surface area contributed by atoms with Crippen molar-refractivity contribution in [2.75, 3.05) is 26.7 Å². The van der Waals surface area contributed by atoms with E-state index in [2.05, 4.69) is 17.4 Å². The first-order chi connectivity index (χ1) is 11.2. The van der Waals surface area contributed by atoms with Crippen LogP contribution < -0.4 is 10.1 Å². The smallest absolute Gasteiger partial charge is 0.267 e. The quantitative estimate of drug-likeness (QED) is 0.877. The number of halogens is 1. The molecule has 1 saturated heterocycles. The minimum atomic E-state index is 0. The molecule has 3 rings (SSSR count). The summed E-state index contributed by atoms with van der Waals surface area (Å²) in [5.74, 6) is 0.744. The Bertz CT molecular complexity index is 669. The van der Waals surface area contributed by atoms with Gasteiger partial charge in [0.25, 0.3) is 5.91 Å². The van der Waals surface area contributed by atoms with E-state index in [0.717, 1.165) is 30.0 Å². The minimum Gasteiger partial charge on any atom is -0.492 e. The molecule has 1 aromatic carbocycles. The number of amides is 1. The summed E-state index contributed by atoms with van der Waals surface area (Å²) in [5.41, 5.74) is 1.11. The summed E-state index contributed by atoms with van der Waals surface area (Å²) < 4.78 is 5.72. The molecular formula is C18H23ClN2O2S. The second-order valence-electron chi connectivity index (χ2n) is 5.67. The fourth-order valence-electron chi connectivity index (χ4n) is 2.83. The minimum absolute atomic E-state index is 0. The molecule has 1 unspecified atom stereocenters. The van der Waals surface area contributed by atoms with Gasteiger partial charge in [-0.05, 0) is 31.5 Å². The van der Waals surface area contributed by atoms with Crippen LogP contribution in [0.5, 0.6) is 5.75 Å². The summed E-state index contributed by atoms with van der Waals surface area (Å²) >= 11 is 1.51. The topological polar surface area (TPSA) is 41.6 Å². The Labute approximate surface area is 153 Å². The summed E-state index contributed by atoms with van der Waals surface area (Å²) in [5, 5.41) is 3.31. The highest BCUT2D eigenvalue weighted by atomic mass is 35.5. The Balaban J connectivity index is 0.00000208. The van der Waals surface area contributed by atoms with E-state index in [-0.39, 0.29) is 24.4 Å². The van der Waals surface area contributed by atoms with E-state index in [1.807, 2.05) is 43.1 Å². The van der Waals surface area contributed by atoms with Crippen LogP contribution >= 0.6 is 23.7 Å². The van der Waals surface area contributed by atoms with E-state index < -0.39 is 0 Å². The van der Waals surface area contributed by atoms with Crippen molar-refractivity contribution in [1.82, 2.24) is 10.2 Å². The first kappa shape index (κ1) is 18.8. The number of likely N-dealkylation sites (N-methyl/N-ethyl adjacent to an activating group) is 1. The van der Waals surface area contributed by atoms with Gasteiger partial charge in [-0.2, -0.15) is 0 Å². The van der Waals surface area contributed by atoms with Gasteiger partial charge in [-0.25, -0.2) is 0 Å². The standard InChI is InChI=1S/C18H22N2O2S.ClH/c1-3-22-15-11-16(13-7-5-4-6-8-13)23-17(15)18(21)20(2)14-9-10-19-12-14;/h4-8,11,14,19H,3,9-10,12H2,1-2H3;1H. The molecule has 4 nitrogen and oxygen atoms in total. The molecular weight excluding hydrogens is 344 g/mol. The van der Waals surface area contributed by atoms with Gasteiger partial charge in [0.05, 0.1) is 6.61 Å². The van der Waals surface area contributed by atoms with Crippen LogP contribution in [-0.2, 0) is 0 Å². The normalized spacial score (nSPS) is 16.5. The van der Waals surface area contributed by atoms with Crippen molar-refractivity contribution >= 4 is 29.7 Å². The number of nitrogens with zero attached hydrogens (tertiary/aromatic N) is 1.